The predicted octanol–water partition coefficient (Wildman–Crippen LogP) is 0.164. The number of hydrogen-bond acceptors (Lipinski definition) is 4. The van der Waals surface area contributed by atoms with Gasteiger partial charge in [-0.25, -0.2) is 4.99 Å². The van der Waals surface area contributed by atoms with E-state index in [0.29, 0.717) is 6.42 Å². The van der Waals surface area contributed by atoms with E-state index in [0.717, 1.165) is 42.3 Å². The van der Waals surface area contributed by atoms with Crippen LogP contribution in [0.5, 0.6) is 5.75 Å². The first-order valence-electron chi connectivity index (χ1n) is 8.46. The van der Waals surface area contributed by atoms with Crippen LogP contribution in [0.25, 0.3) is 0 Å². The van der Waals surface area contributed by atoms with Crippen molar-refractivity contribution in [1.29, 1.82) is 0 Å². The van der Waals surface area contributed by atoms with Crippen molar-refractivity contribution in [3.8, 4) is 5.75 Å². The Morgan fingerprint density at radius 3 is 2.65 bits per heavy atom. The van der Waals surface area contributed by atoms with Gasteiger partial charge in [0.2, 0.25) is 0 Å². The Bertz CT molecular complexity index is 825. The Morgan fingerprint density at radius 1 is 1.12 bits per heavy atom. The van der Waals surface area contributed by atoms with Crippen LogP contribution < -0.4 is 39.4 Å². The number of ether oxygens (including phenoxy) is 1. The van der Waals surface area contributed by atoms with Crippen molar-refractivity contribution in [3.63, 3.8) is 0 Å². The maximum absolute atomic E-state index is 11.7. The molecule has 0 aliphatic carbocycles. The number of amides is 1. The van der Waals surface area contributed by atoms with Crippen LogP contribution in [0.2, 0.25) is 0 Å². The summed E-state index contributed by atoms with van der Waals surface area (Å²) >= 11 is 1.02. The maximum Gasteiger partial charge on any atom is 1.00 e. The molecule has 0 saturated carbocycles. The number of benzene rings is 2. The minimum atomic E-state index is -0.375. The SMILES string of the molecule is O=C1N=C([O-])C(Cc2ccc3c(c2)CC[C@H](Cc2ccccc2)O3)S1.[Na+]. The molecule has 2 atom stereocenters. The van der Waals surface area contributed by atoms with E-state index >= 15 is 0 Å². The van der Waals surface area contributed by atoms with Crippen LogP contribution >= 0.6 is 11.8 Å². The first kappa shape index (κ1) is 19.5. The average Bonchev–Trinajstić information content (AvgIpc) is 2.93. The Labute approximate surface area is 179 Å². The summed E-state index contributed by atoms with van der Waals surface area (Å²) in [5.41, 5.74) is 3.53. The zero-order valence-corrected chi connectivity index (χ0v) is 17.5. The second-order valence-corrected chi connectivity index (χ2v) is 7.59. The van der Waals surface area contributed by atoms with E-state index in [1.165, 1.54) is 11.1 Å². The fourth-order valence-corrected chi connectivity index (χ4v) is 4.16. The summed E-state index contributed by atoms with van der Waals surface area (Å²) < 4.78 is 6.15. The third-order valence-corrected chi connectivity index (χ3v) is 5.55. The minimum Gasteiger partial charge on any atom is -0.861 e. The van der Waals surface area contributed by atoms with Crippen molar-refractivity contribution >= 4 is 22.9 Å². The first-order chi connectivity index (χ1) is 12.2. The standard InChI is InChI=1S/C20H19NO3S.Na/c22-19-18(25-20(23)21-19)12-14-6-9-17-15(10-14)7-8-16(24-17)11-13-4-2-1-3-5-13;/h1-6,9-10,16,18H,7-8,11-12H2,(H,21,22,23);/q;+1/p-1/t16-,18?;/m1./s1. The molecule has 2 aromatic carbocycles. The quantitative estimate of drug-likeness (QED) is 0.715. The number of hydrogen-bond donors (Lipinski definition) is 0. The normalized spacial score (nSPS) is 21.4. The molecule has 128 valence electrons. The van der Waals surface area contributed by atoms with Gasteiger partial charge in [0.1, 0.15) is 11.9 Å². The predicted molar refractivity (Wildman–Crippen MR) is 97.2 cm³/mol. The van der Waals surface area contributed by atoms with Crippen molar-refractivity contribution < 1.29 is 44.2 Å². The monoisotopic (exact) mass is 375 g/mol. The zero-order valence-electron chi connectivity index (χ0n) is 14.7. The van der Waals surface area contributed by atoms with Gasteiger partial charge < -0.3 is 9.84 Å². The smallest absolute Gasteiger partial charge is 0.861 e. The number of rotatable bonds is 4. The molecule has 0 radical (unpaired) electrons. The van der Waals surface area contributed by atoms with Gasteiger partial charge in [0.15, 0.2) is 0 Å². The second-order valence-electron chi connectivity index (χ2n) is 6.44. The maximum atomic E-state index is 11.7. The van der Waals surface area contributed by atoms with Gasteiger partial charge in [-0.15, -0.1) is 0 Å². The summed E-state index contributed by atoms with van der Waals surface area (Å²) in [6.45, 7) is 0. The van der Waals surface area contributed by atoms with Crippen LogP contribution in [0.1, 0.15) is 23.1 Å². The molecule has 2 heterocycles. The molecule has 26 heavy (non-hydrogen) atoms. The molecule has 1 unspecified atom stereocenters. The number of nitrogens with zero attached hydrogens (tertiary/aromatic N) is 1. The molecule has 6 heteroatoms. The van der Waals surface area contributed by atoms with Gasteiger partial charge in [-0.05, 0) is 47.9 Å². The van der Waals surface area contributed by atoms with E-state index in [2.05, 4.69) is 35.3 Å². The van der Waals surface area contributed by atoms with Crippen molar-refractivity contribution in [3.05, 3.63) is 65.2 Å². The Balaban J connectivity index is 0.00000196. The molecule has 0 fully saturated rings. The molecule has 4 rings (SSSR count). The summed E-state index contributed by atoms with van der Waals surface area (Å²) in [5, 5.41) is 10.9. The van der Waals surface area contributed by atoms with Crippen molar-refractivity contribution in [2.75, 3.05) is 0 Å². The number of carbonyl (C=O) groups is 1. The average molecular weight is 375 g/mol. The van der Waals surface area contributed by atoms with E-state index in [-0.39, 0.29) is 52.0 Å². The zero-order chi connectivity index (χ0) is 17.2. The molecule has 0 aromatic heterocycles. The van der Waals surface area contributed by atoms with E-state index in [4.69, 9.17) is 4.74 Å². The Hall–Kier alpha value is -1.27. The summed E-state index contributed by atoms with van der Waals surface area (Å²) in [4.78, 5) is 14.7. The molecular formula is C20H18NNaO3S. The van der Waals surface area contributed by atoms with Gasteiger partial charge in [-0.1, -0.05) is 54.2 Å². The fourth-order valence-electron chi connectivity index (χ4n) is 3.35. The van der Waals surface area contributed by atoms with Crippen LogP contribution in [0.15, 0.2) is 53.5 Å². The van der Waals surface area contributed by atoms with Gasteiger partial charge in [0.05, 0.1) is 0 Å². The molecule has 0 N–H and O–H groups in total. The number of thioether (sulfide) groups is 1. The van der Waals surface area contributed by atoms with Crippen LogP contribution in [-0.4, -0.2) is 22.5 Å². The first-order valence-corrected chi connectivity index (χ1v) is 9.34. The molecule has 2 aromatic rings. The third-order valence-electron chi connectivity index (χ3n) is 4.60. The molecule has 1 amide bonds. The van der Waals surface area contributed by atoms with Crippen LogP contribution in [0.4, 0.5) is 4.79 Å². The van der Waals surface area contributed by atoms with E-state index < -0.39 is 0 Å². The third kappa shape index (κ3) is 4.52. The molecule has 0 bridgehead atoms. The fraction of sp³-hybridized carbons (Fsp3) is 0.300. The minimum absolute atomic E-state index is 0. The van der Waals surface area contributed by atoms with Gasteiger partial charge in [-0.3, -0.25) is 4.79 Å². The summed E-state index contributed by atoms with van der Waals surface area (Å²) in [5.74, 6) is 0.619. The number of fused-ring (bicyclic) bond motifs is 1. The Kier molecular flexibility index (Phi) is 6.46. The number of aryl methyl sites for hydroxylation is 1. The molecule has 0 spiro atoms. The largest absolute Gasteiger partial charge is 1.00 e. The number of carbonyl (C=O) groups excluding carboxylic acids is 1. The summed E-state index contributed by atoms with van der Waals surface area (Å²) in [7, 11) is 0. The van der Waals surface area contributed by atoms with Crippen LogP contribution in [0, 0.1) is 0 Å². The molecule has 2 aliphatic heterocycles. The van der Waals surface area contributed by atoms with E-state index in [1.54, 1.807) is 0 Å². The molecule has 0 saturated heterocycles. The van der Waals surface area contributed by atoms with Crippen molar-refractivity contribution in [2.24, 2.45) is 4.99 Å². The van der Waals surface area contributed by atoms with Crippen LogP contribution in [-0.2, 0) is 19.3 Å². The van der Waals surface area contributed by atoms with Crippen molar-refractivity contribution in [2.45, 2.75) is 37.0 Å². The summed E-state index contributed by atoms with van der Waals surface area (Å²) in [6.07, 6.45) is 3.61. The van der Waals surface area contributed by atoms with Gasteiger partial charge in [-0.2, -0.15) is 0 Å². The van der Waals surface area contributed by atoms with Gasteiger partial charge in [0, 0.05) is 11.7 Å². The van der Waals surface area contributed by atoms with E-state index in [1.807, 2.05) is 18.2 Å². The molecular weight excluding hydrogens is 357 g/mol. The van der Waals surface area contributed by atoms with Gasteiger partial charge >= 0.3 is 34.8 Å². The molecule has 4 nitrogen and oxygen atoms in total. The van der Waals surface area contributed by atoms with Crippen molar-refractivity contribution in [1.82, 2.24) is 0 Å². The number of aliphatic imine (C=N–C) groups is 1. The molecule has 2 aliphatic rings. The Morgan fingerprint density at radius 2 is 1.92 bits per heavy atom. The topological polar surface area (TPSA) is 61.7 Å². The summed E-state index contributed by atoms with van der Waals surface area (Å²) in [6, 6.07) is 16.5. The van der Waals surface area contributed by atoms with Gasteiger partial charge in [0.25, 0.3) is 0 Å². The van der Waals surface area contributed by atoms with E-state index in [9.17, 15) is 9.90 Å². The second kappa shape index (κ2) is 8.61. The van der Waals surface area contributed by atoms with Crippen LogP contribution in [0.3, 0.4) is 0 Å².